The van der Waals surface area contributed by atoms with Gasteiger partial charge >= 0.3 is 0 Å². The summed E-state index contributed by atoms with van der Waals surface area (Å²) in [5, 5.41) is 2.12. The topological polar surface area (TPSA) is 31.6 Å². The van der Waals surface area contributed by atoms with Crippen molar-refractivity contribution in [1.82, 2.24) is 0 Å². The molecule has 0 radical (unpaired) electrons. The van der Waals surface area contributed by atoms with Gasteiger partial charge in [0.15, 0.2) is 0 Å². The largest absolute Gasteiger partial charge is 0.471 e. The Hall–Kier alpha value is 0.0675. The van der Waals surface area contributed by atoms with Gasteiger partial charge in [0.25, 0.3) is 0 Å². The lowest BCUT2D eigenvalue weighted by Crippen LogP contribution is -2.32. The summed E-state index contributed by atoms with van der Waals surface area (Å²) < 4.78 is 16.6. The van der Waals surface area contributed by atoms with Crippen LogP contribution in [0, 0.1) is 0 Å². The molecule has 0 saturated heterocycles. The van der Waals surface area contributed by atoms with E-state index in [4.69, 9.17) is 12.6 Å². The van der Waals surface area contributed by atoms with Gasteiger partial charge < -0.3 is 12.6 Å². The minimum Gasteiger partial charge on any atom is -0.471 e. The number of hydrogen-bond donors (Lipinski definition) is 0. The van der Waals surface area contributed by atoms with Crippen molar-refractivity contribution in [3.63, 3.8) is 0 Å². The average molecular weight is 249 g/mol. The van der Waals surface area contributed by atoms with Crippen LogP contribution in [0.3, 0.4) is 0 Å². The monoisotopic (exact) mass is 248 g/mol. The fraction of sp³-hybridized carbons (Fsp3) is 0.333. The summed E-state index contributed by atoms with van der Waals surface area (Å²) in [6, 6.07) is 4.10. The average Bonchev–Trinajstić information content (AvgIpc) is 2.64. The van der Waals surface area contributed by atoms with E-state index >= 15 is 0 Å². The van der Waals surface area contributed by atoms with Crippen LogP contribution in [-0.4, -0.2) is 39.1 Å². The lowest BCUT2D eigenvalue weighted by molar-refractivity contribution is 0.575. The van der Waals surface area contributed by atoms with Gasteiger partial charge in [0.1, 0.15) is 31.7 Å². The first-order valence-electron chi connectivity index (χ1n) is 4.34. The minimum atomic E-state index is -1.20. The third-order valence-electron chi connectivity index (χ3n) is 2.16. The SMILES string of the molecule is C[SiH](O[SiH3])c1ccc([SiH](C)O[SiH3])o1. The molecule has 1 heterocycles. The van der Waals surface area contributed by atoms with Crippen LogP contribution < -0.4 is 10.8 Å². The van der Waals surface area contributed by atoms with Gasteiger partial charge in [0, 0.05) is 0 Å². The van der Waals surface area contributed by atoms with Gasteiger partial charge in [-0.3, -0.25) is 0 Å². The predicted octanol–water partition coefficient (Wildman–Crippen LogP) is -3.01. The quantitative estimate of drug-likeness (QED) is 0.532. The van der Waals surface area contributed by atoms with E-state index in [1.54, 1.807) is 0 Å². The first-order chi connectivity index (χ1) is 6.19. The number of furan rings is 1. The molecule has 0 aliphatic rings. The Kier molecular flexibility index (Phi) is 4.35. The lowest BCUT2D eigenvalue weighted by atomic mass is 10.7. The highest BCUT2D eigenvalue weighted by atomic mass is 28.3. The summed E-state index contributed by atoms with van der Waals surface area (Å²) in [4.78, 5) is 0. The van der Waals surface area contributed by atoms with Crippen LogP contribution in [0.15, 0.2) is 16.5 Å². The van der Waals surface area contributed by atoms with E-state index in [-0.39, 0.29) is 0 Å². The normalized spacial score (nSPS) is 16.2. The minimum absolute atomic E-state index is 0.803. The highest BCUT2D eigenvalue weighted by molar-refractivity contribution is 6.70. The molecule has 13 heavy (non-hydrogen) atoms. The molecule has 0 aromatic carbocycles. The molecule has 7 heteroatoms. The molecule has 74 valence electrons. The van der Waals surface area contributed by atoms with E-state index < -0.39 is 18.1 Å². The maximum absolute atomic E-state index is 5.71. The summed E-state index contributed by atoms with van der Waals surface area (Å²) in [7, 11) is -0.790. The van der Waals surface area contributed by atoms with Gasteiger partial charge in [-0.2, -0.15) is 0 Å². The van der Waals surface area contributed by atoms with E-state index in [2.05, 4.69) is 13.1 Å². The fourth-order valence-electron chi connectivity index (χ4n) is 1.04. The molecule has 1 rings (SSSR count). The summed E-state index contributed by atoms with van der Waals surface area (Å²) in [5.41, 5.74) is 0. The molecule has 0 spiro atoms. The third-order valence-corrected chi connectivity index (χ3v) is 10.0. The molecule has 3 nitrogen and oxygen atoms in total. The molecular weight excluding hydrogens is 232 g/mol. The van der Waals surface area contributed by atoms with Gasteiger partial charge in [-0.15, -0.1) is 0 Å². The van der Waals surface area contributed by atoms with Crippen molar-refractivity contribution >= 4 is 49.8 Å². The molecule has 0 saturated carbocycles. The Balaban J connectivity index is 2.74. The zero-order valence-electron chi connectivity index (χ0n) is 8.53. The van der Waals surface area contributed by atoms with Crippen molar-refractivity contribution < 1.29 is 12.6 Å². The Bertz CT molecular complexity index is 240. The van der Waals surface area contributed by atoms with E-state index in [0.717, 1.165) is 31.7 Å². The fourth-order valence-corrected chi connectivity index (χ4v) is 4.37. The third kappa shape index (κ3) is 2.76. The smallest absolute Gasteiger partial charge is 0.234 e. The van der Waals surface area contributed by atoms with E-state index in [0.29, 0.717) is 0 Å². The second-order valence-corrected chi connectivity index (χ2v) is 10.5. The molecule has 0 amide bonds. The highest BCUT2D eigenvalue weighted by Gasteiger charge is 2.15. The maximum atomic E-state index is 5.71. The van der Waals surface area contributed by atoms with Crippen molar-refractivity contribution in [3.05, 3.63) is 12.1 Å². The van der Waals surface area contributed by atoms with Crippen LogP contribution in [0.5, 0.6) is 0 Å². The van der Waals surface area contributed by atoms with Gasteiger partial charge in [-0.05, 0) is 25.2 Å². The molecule has 0 aliphatic carbocycles. The molecule has 0 fully saturated rings. The number of hydrogen-bond acceptors (Lipinski definition) is 3. The van der Waals surface area contributed by atoms with Crippen molar-refractivity contribution in [2.45, 2.75) is 13.1 Å². The van der Waals surface area contributed by atoms with Crippen molar-refractivity contribution in [1.29, 1.82) is 0 Å². The molecule has 1 aromatic rings. The standard InChI is InChI=1S/C6H16O3Si4/c1-12(8-10)5-3-4-6(7-5)13(2)9-11/h3-4,12-13H,1-2,10-11H3. The molecule has 0 aliphatic heterocycles. The van der Waals surface area contributed by atoms with Gasteiger partial charge in [-0.1, -0.05) is 0 Å². The first kappa shape index (κ1) is 11.1. The molecular formula is C6H16O3Si4. The summed E-state index contributed by atoms with van der Waals surface area (Å²) in [5.74, 6) is 0. The molecule has 0 bridgehead atoms. The lowest BCUT2D eigenvalue weighted by Gasteiger charge is -2.06. The maximum Gasteiger partial charge on any atom is 0.234 e. The molecule has 2 unspecified atom stereocenters. The second-order valence-electron chi connectivity index (χ2n) is 3.00. The van der Waals surface area contributed by atoms with Crippen LogP contribution in [0.2, 0.25) is 13.1 Å². The number of rotatable bonds is 4. The summed E-state index contributed by atoms with van der Waals surface area (Å²) >= 11 is 0. The van der Waals surface area contributed by atoms with E-state index in [1.807, 2.05) is 12.1 Å². The first-order valence-corrected chi connectivity index (χ1v) is 10.4. The Labute approximate surface area is 88.0 Å². The Morgan fingerprint density at radius 2 is 1.46 bits per heavy atom. The van der Waals surface area contributed by atoms with Crippen molar-refractivity contribution in [2.24, 2.45) is 0 Å². The highest BCUT2D eigenvalue weighted by Crippen LogP contribution is 1.91. The molecule has 1 aromatic heterocycles. The van der Waals surface area contributed by atoms with Gasteiger partial charge in [0.05, 0.1) is 0 Å². The van der Waals surface area contributed by atoms with Crippen LogP contribution >= 0.6 is 0 Å². The zero-order chi connectivity index (χ0) is 9.84. The van der Waals surface area contributed by atoms with Crippen LogP contribution in [0.1, 0.15) is 0 Å². The van der Waals surface area contributed by atoms with Crippen molar-refractivity contribution in [2.75, 3.05) is 0 Å². The second kappa shape index (κ2) is 5.07. The van der Waals surface area contributed by atoms with Crippen LogP contribution in [0.4, 0.5) is 0 Å². The van der Waals surface area contributed by atoms with Crippen LogP contribution in [-0.2, 0) is 8.23 Å². The van der Waals surface area contributed by atoms with E-state index in [1.165, 1.54) is 0 Å². The molecule has 0 N–H and O–H groups in total. The summed E-state index contributed by atoms with van der Waals surface area (Å²) in [6.45, 7) is 4.28. The van der Waals surface area contributed by atoms with Gasteiger partial charge in [0.2, 0.25) is 18.1 Å². The van der Waals surface area contributed by atoms with Crippen LogP contribution in [0.25, 0.3) is 0 Å². The van der Waals surface area contributed by atoms with E-state index in [9.17, 15) is 0 Å². The predicted molar refractivity (Wildman–Crippen MR) is 66.1 cm³/mol. The zero-order valence-corrected chi connectivity index (χ0v) is 14.8. The van der Waals surface area contributed by atoms with Gasteiger partial charge in [-0.25, -0.2) is 0 Å². The summed E-state index contributed by atoms with van der Waals surface area (Å²) in [6.07, 6.45) is 0. The Morgan fingerprint density at radius 1 is 1.08 bits per heavy atom. The Morgan fingerprint density at radius 3 is 1.77 bits per heavy atom. The van der Waals surface area contributed by atoms with Crippen molar-refractivity contribution in [3.8, 4) is 0 Å². The molecule has 2 atom stereocenters.